The van der Waals surface area contributed by atoms with Crippen LogP contribution in [0, 0.1) is 0 Å². The van der Waals surface area contributed by atoms with Crippen molar-refractivity contribution in [2.24, 2.45) is 0 Å². The van der Waals surface area contributed by atoms with E-state index in [1.165, 1.54) is 0 Å². The Morgan fingerprint density at radius 1 is 1.28 bits per heavy atom. The number of aromatic hydroxyl groups is 1. The lowest BCUT2D eigenvalue weighted by Gasteiger charge is -2.36. The molecule has 0 fully saturated rings. The molecule has 0 aliphatic rings. The first kappa shape index (κ1) is 15.1. The summed E-state index contributed by atoms with van der Waals surface area (Å²) >= 11 is 0. The number of hydrogen-bond acceptors (Lipinski definition) is 4. The highest BCUT2D eigenvalue weighted by atomic mass is 28.4. The standard InChI is InChI=1S/C13H23NO3Si/c1-13(2,3)18(4,5)17-9-11-12(16)7-6-10(8-15)14-11/h6-7,15-16H,8-9H2,1-5H3. The summed E-state index contributed by atoms with van der Waals surface area (Å²) in [5, 5.41) is 18.9. The van der Waals surface area contributed by atoms with Gasteiger partial charge in [-0.3, -0.25) is 0 Å². The fourth-order valence-electron chi connectivity index (χ4n) is 1.20. The average Bonchev–Trinajstić information content (AvgIpc) is 2.26. The topological polar surface area (TPSA) is 62.6 Å². The van der Waals surface area contributed by atoms with Gasteiger partial charge in [0.2, 0.25) is 0 Å². The van der Waals surface area contributed by atoms with Crippen LogP contribution in [0.1, 0.15) is 32.2 Å². The Morgan fingerprint density at radius 2 is 1.89 bits per heavy atom. The van der Waals surface area contributed by atoms with Gasteiger partial charge in [0, 0.05) is 0 Å². The third-order valence-corrected chi connectivity index (χ3v) is 8.02. The van der Waals surface area contributed by atoms with Crippen molar-refractivity contribution in [2.45, 2.75) is 52.1 Å². The summed E-state index contributed by atoms with van der Waals surface area (Å²) in [5.74, 6) is 0.117. The van der Waals surface area contributed by atoms with Crippen LogP contribution in [0.5, 0.6) is 5.75 Å². The smallest absolute Gasteiger partial charge is 0.192 e. The highest BCUT2D eigenvalue weighted by Gasteiger charge is 2.37. The Morgan fingerprint density at radius 3 is 2.39 bits per heavy atom. The highest BCUT2D eigenvalue weighted by Crippen LogP contribution is 2.37. The number of aliphatic hydroxyl groups excluding tert-OH is 1. The zero-order valence-electron chi connectivity index (χ0n) is 11.8. The van der Waals surface area contributed by atoms with Crippen molar-refractivity contribution in [3.05, 3.63) is 23.5 Å². The van der Waals surface area contributed by atoms with Crippen LogP contribution in [-0.2, 0) is 17.6 Å². The Hall–Kier alpha value is -0.913. The molecule has 0 radical (unpaired) electrons. The third kappa shape index (κ3) is 3.54. The van der Waals surface area contributed by atoms with Crippen LogP contribution in [0.2, 0.25) is 18.1 Å². The molecular weight excluding hydrogens is 246 g/mol. The minimum Gasteiger partial charge on any atom is -0.506 e. The number of hydrogen-bond donors (Lipinski definition) is 2. The van der Waals surface area contributed by atoms with Crippen molar-refractivity contribution in [3.8, 4) is 5.75 Å². The molecule has 0 aromatic carbocycles. The van der Waals surface area contributed by atoms with Crippen molar-refractivity contribution < 1.29 is 14.6 Å². The Balaban J connectivity index is 2.80. The summed E-state index contributed by atoms with van der Waals surface area (Å²) in [6.07, 6.45) is 0. The second kappa shape index (κ2) is 5.38. The molecule has 2 N–H and O–H groups in total. The van der Waals surface area contributed by atoms with Crippen LogP contribution in [0.15, 0.2) is 12.1 Å². The molecule has 0 atom stereocenters. The van der Waals surface area contributed by atoms with Gasteiger partial charge in [0.15, 0.2) is 8.32 Å². The van der Waals surface area contributed by atoms with E-state index >= 15 is 0 Å². The molecule has 4 nitrogen and oxygen atoms in total. The molecule has 1 rings (SSSR count). The normalized spacial score (nSPS) is 12.8. The van der Waals surface area contributed by atoms with Crippen LogP contribution in [0.25, 0.3) is 0 Å². The number of pyridine rings is 1. The number of aliphatic hydroxyl groups is 1. The predicted octanol–water partition coefficient (Wildman–Crippen LogP) is 2.80. The lowest BCUT2D eigenvalue weighted by atomic mass is 10.2. The van der Waals surface area contributed by atoms with Gasteiger partial charge >= 0.3 is 0 Å². The summed E-state index contributed by atoms with van der Waals surface area (Å²) in [4.78, 5) is 4.17. The Labute approximate surface area is 110 Å². The van der Waals surface area contributed by atoms with E-state index < -0.39 is 8.32 Å². The number of rotatable bonds is 4. The maximum atomic E-state index is 9.72. The molecule has 0 saturated carbocycles. The maximum absolute atomic E-state index is 9.72. The molecule has 5 heteroatoms. The first-order valence-electron chi connectivity index (χ1n) is 6.10. The second-order valence-corrected chi connectivity index (χ2v) is 10.8. The fraction of sp³-hybridized carbons (Fsp3) is 0.615. The first-order chi connectivity index (χ1) is 8.17. The third-order valence-electron chi connectivity index (χ3n) is 3.55. The van der Waals surface area contributed by atoms with Crippen LogP contribution in [0.3, 0.4) is 0 Å². The largest absolute Gasteiger partial charge is 0.506 e. The second-order valence-electron chi connectivity index (χ2n) is 5.98. The lowest BCUT2D eigenvalue weighted by molar-refractivity contribution is 0.258. The van der Waals surface area contributed by atoms with Crippen molar-refractivity contribution in [1.29, 1.82) is 0 Å². The Kier molecular flexibility index (Phi) is 4.53. The SMILES string of the molecule is CC(C)(C)[Si](C)(C)OCc1nc(CO)ccc1O. The van der Waals surface area contributed by atoms with Gasteiger partial charge in [-0.2, -0.15) is 0 Å². The van der Waals surface area contributed by atoms with Gasteiger partial charge in [0.05, 0.1) is 18.9 Å². The molecule has 1 heterocycles. The van der Waals surface area contributed by atoms with Gasteiger partial charge in [0.1, 0.15) is 11.4 Å². The zero-order valence-corrected chi connectivity index (χ0v) is 12.8. The monoisotopic (exact) mass is 269 g/mol. The van der Waals surface area contributed by atoms with Crippen molar-refractivity contribution >= 4 is 8.32 Å². The lowest BCUT2D eigenvalue weighted by Crippen LogP contribution is -2.40. The van der Waals surface area contributed by atoms with Crippen molar-refractivity contribution in [1.82, 2.24) is 4.98 Å². The fourth-order valence-corrected chi connectivity index (χ4v) is 2.13. The van der Waals surface area contributed by atoms with E-state index in [1.807, 2.05) is 0 Å². The molecule has 0 unspecified atom stereocenters. The zero-order chi connectivity index (χ0) is 14.0. The predicted molar refractivity (Wildman–Crippen MR) is 73.8 cm³/mol. The molecule has 0 aliphatic heterocycles. The molecule has 0 aliphatic carbocycles. The van der Waals surface area contributed by atoms with E-state index in [0.717, 1.165) is 0 Å². The van der Waals surface area contributed by atoms with Gasteiger partial charge in [-0.05, 0) is 30.3 Å². The summed E-state index contributed by atoms with van der Waals surface area (Å²) < 4.78 is 6.00. The van der Waals surface area contributed by atoms with E-state index in [2.05, 4.69) is 38.8 Å². The van der Waals surface area contributed by atoms with Crippen LogP contribution < -0.4 is 0 Å². The van der Waals surface area contributed by atoms with Gasteiger partial charge < -0.3 is 14.6 Å². The van der Waals surface area contributed by atoms with Crippen molar-refractivity contribution in [3.63, 3.8) is 0 Å². The van der Waals surface area contributed by atoms with E-state index in [9.17, 15) is 5.11 Å². The van der Waals surface area contributed by atoms with E-state index in [4.69, 9.17) is 9.53 Å². The van der Waals surface area contributed by atoms with E-state index in [0.29, 0.717) is 11.4 Å². The van der Waals surface area contributed by atoms with Crippen LogP contribution >= 0.6 is 0 Å². The molecule has 0 saturated heterocycles. The maximum Gasteiger partial charge on any atom is 0.192 e. The van der Waals surface area contributed by atoms with Gasteiger partial charge in [-0.1, -0.05) is 20.8 Å². The van der Waals surface area contributed by atoms with E-state index in [-0.39, 0.29) is 24.0 Å². The van der Waals surface area contributed by atoms with Crippen LogP contribution in [-0.4, -0.2) is 23.5 Å². The molecule has 18 heavy (non-hydrogen) atoms. The van der Waals surface area contributed by atoms with Gasteiger partial charge in [-0.15, -0.1) is 0 Å². The highest BCUT2D eigenvalue weighted by molar-refractivity contribution is 6.74. The summed E-state index contributed by atoms with van der Waals surface area (Å²) in [6, 6.07) is 3.15. The molecule has 1 aromatic rings. The number of aromatic nitrogens is 1. The summed E-state index contributed by atoms with van der Waals surface area (Å²) in [6.45, 7) is 11.0. The van der Waals surface area contributed by atoms with Crippen molar-refractivity contribution in [2.75, 3.05) is 0 Å². The Bertz CT molecular complexity index is 413. The van der Waals surface area contributed by atoms with Gasteiger partial charge in [-0.25, -0.2) is 4.98 Å². The van der Waals surface area contributed by atoms with E-state index in [1.54, 1.807) is 12.1 Å². The summed E-state index contributed by atoms with van der Waals surface area (Å²) in [7, 11) is -1.85. The molecular formula is C13H23NO3Si. The molecule has 102 valence electrons. The summed E-state index contributed by atoms with van der Waals surface area (Å²) in [5.41, 5.74) is 1.04. The van der Waals surface area contributed by atoms with Crippen LogP contribution in [0.4, 0.5) is 0 Å². The first-order valence-corrected chi connectivity index (χ1v) is 9.01. The molecule has 0 bridgehead atoms. The minimum absolute atomic E-state index is 0.117. The molecule has 0 spiro atoms. The average molecular weight is 269 g/mol. The number of nitrogens with zero attached hydrogens (tertiary/aromatic N) is 1. The van der Waals surface area contributed by atoms with Gasteiger partial charge in [0.25, 0.3) is 0 Å². The molecule has 0 amide bonds. The quantitative estimate of drug-likeness (QED) is 0.825. The minimum atomic E-state index is -1.85. The molecule has 1 aromatic heterocycles.